The van der Waals surface area contributed by atoms with Gasteiger partial charge in [-0.3, -0.25) is 9.59 Å². The third-order valence-corrected chi connectivity index (χ3v) is 5.41. The second kappa shape index (κ2) is 10.4. The Kier molecular flexibility index (Phi) is 8.21. The minimum Gasteiger partial charge on any atom is -0.332 e. The Hall–Kier alpha value is -2.40. The van der Waals surface area contributed by atoms with Gasteiger partial charge in [0.1, 0.15) is 6.54 Å². The van der Waals surface area contributed by atoms with Crippen LogP contribution in [0.5, 0.6) is 0 Å². The molecule has 156 valence electrons. The van der Waals surface area contributed by atoms with Crippen molar-refractivity contribution in [2.24, 2.45) is 5.41 Å². The number of amides is 2. The van der Waals surface area contributed by atoms with E-state index < -0.39 is 0 Å². The fourth-order valence-corrected chi connectivity index (χ4v) is 3.94. The fourth-order valence-electron chi connectivity index (χ4n) is 3.03. The molecule has 0 N–H and O–H groups in total. The molecule has 2 rings (SSSR count). The molecule has 0 radical (unpaired) electrons. The summed E-state index contributed by atoms with van der Waals surface area (Å²) < 4.78 is 0. The van der Waals surface area contributed by atoms with Crippen molar-refractivity contribution >= 4 is 23.2 Å². The summed E-state index contributed by atoms with van der Waals surface area (Å²) in [5, 5.41) is 0. The van der Waals surface area contributed by atoms with Gasteiger partial charge in [0.25, 0.3) is 0 Å². The van der Waals surface area contributed by atoms with Crippen LogP contribution in [0.1, 0.15) is 42.5 Å². The van der Waals surface area contributed by atoms with Crippen molar-refractivity contribution in [3.8, 4) is 0 Å². The van der Waals surface area contributed by atoms with E-state index in [0.29, 0.717) is 26.1 Å². The van der Waals surface area contributed by atoms with Crippen molar-refractivity contribution in [3.05, 3.63) is 70.4 Å². The summed E-state index contributed by atoms with van der Waals surface area (Å²) in [7, 11) is 0. The average Bonchev–Trinajstić information content (AvgIpc) is 3.05. The largest absolute Gasteiger partial charge is 0.332 e. The van der Waals surface area contributed by atoms with Crippen molar-refractivity contribution in [2.75, 3.05) is 13.1 Å². The van der Waals surface area contributed by atoms with E-state index in [0.717, 1.165) is 10.4 Å². The van der Waals surface area contributed by atoms with Gasteiger partial charge in [-0.2, -0.15) is 0 Å². The lowest BCUT2D eigenvalue weighted by molar-refractivity contribution is -0.141. The van der Waals surface area contributed by atoms with E-state index in [2.05, 4.69) is 25.6 Å². The smallest absolute Gasteiger partial charge is 0.242 e. The van der Waals surface area contributed by atoms with Crippen molar-refractivity contribution in [3.63, 3.8) is 0 Å². The second-order valence-electron chi connectivity index (χ2n) is 8.55. The highest BCUT2D eigenvalue weighted by atomic mass is 32.1. The first-order chi connectivity index (χ1) is 13.7. The Bertz CT molecular complexity index is 821. The predicted molar refractivity (Wildman–Crippen MR) is 121 cm³/mol. The van der Waals surface area contributed by atoms with Crippen LogP contribution < -0.4 is 0 Å². The first-order valence-corrected chi connectivity index (χ1v) is 10.8. The molecule has 1 aromatic heterocycles. The molecule has 0 saturated carbocycles. The van der Waals surface area contributed by atoms with Gasteiger partial charge < -0.3 is 9.80 Å². The fraction of sp³-hybridized carbons (Fsp3) is 0.417. The van der Waals surface area contributed by atoms with E-state index >= 15 is 0 Å². The third-order valence-electron chi connectivity index (χ3n) is 4.42. The van der Waals surface area contributed by atoms with Crippen LogP contribution in [-0.4, -0.2) is 34.7 Å². The number of benzene rings is 1. The topological polar surface area (TPSA) is 40.6 Å². The van der Waals surface area contributed by atoms with Crippen molar-refractivity contribution in [1.82, 2.24) is 9.80 Å². The van der Waals surface area contributed by atoms with Gasteiger partial charge >= 0.3 is 0 Å². The number of thiophene rings is 1. The van der Waals surface area contributed by atoms with Crippen LogP contribution in [-0.2, 0) is 22.7 Å². The lowest BCUT2D eigenvalue weighted by atomic mass is 9.91. The SMILES string of the molecule is C=CCN(CC(=O)N(Cc1ccccc1)Cc1ccc(C)s1)C(=O)CC(C)(C)C. The molecule has 0 bridgehead atoms. The van der Waals surface area contributed by atoms with Crippen LogP contribution in [0.15, 0.2) is 55.1 Å². The Morgan fingerprint density at radius 2 is 1.69 bits per heavy atom. The number of carbonyl (C=O) groups excluding carboxylic acids is 2. The second-order valence-corrected chi connectivity index (χ2v) is 9.92. The lowest BCUT2D eigenvalue weighted by Crippen LogP contribution is -2.43. The van der Waals surface area contributed by atoms with Gasteiger partial charge in [-0.1, -0.05) is 57.2 Å². The number of rotatable bonds is 9. The monoisotopic (exact) mass is 412 g/mol. The van der Waals surface area contributed by atoms with Gasteiger partial charge in [0, 0.05) is 29.3 Å². The maximum absolute atomic E-state index is 13.2. The van der Waals surface area contributed by atoms with Crippen LogP contribution in [0.3, 0.4) is 0 Å². The summed E-state index contributed by atoms with van der Waals surface area (Å²) >= 11 is 1.70. The van der Waals surface area contributed by atoms with E-state index in [-0.39, 0.29) is 23.8 Å². The van der Waals surface area contributed by atoms with Gasteiger partial charge in [0.2, 0.25) is 11.8 Å². The molecule has 29 heavy (non-hydrogen) atoms. The summed E-state index contributed by atoms with van der Waals surface area (Å²) in [6.07, 6.45) is 2.08. The summed E-state index contributed by atoms with van der Waals surface area (Å²) in [5.74, 6) is -0.0682. The lowest BCUT2D eigenvalue weighted by Gasteiger charge is -2.29. The zero-order valence-electron chi connectivity index (χ0n) is 18.0. The van der Waals surface area contributed by atoms with Crippen molar-refractivity contribution < 1.29 is 9.59 Å². The summed E-state index contributed by atoms with van der Waals surface area (Å²) in [4.78, 5) is 31.8. The molecule has 1 aromatic carbocycles. The van der Waals surface area contributed by atoms with Gasteiger partial charge in [0.15, 0.2) is 0 Å². The maximum atomic E-state index is 13.2. The molecule has 0 aliphatic rings. The molecule has 0 atom stereocenters. The number of nitrogens with zero attached hydrogens (tertiary/aromatic N) is 2. The molecule has 1 heterocycles. The molecule has 0 aliphatic carbocycles. The standard InChI is InChI=1S/C24H32N2O2S/c1-6-14-25(22(27)15-24(3,4)5)18-23(28)26(16-20-10-8-7-9-11-20)17-21-13-12-19(2)29-21/h6-13H,1,14-18H2,2-5H3. The van der Waals surface area contributed by atoms with Crippen LogP contribution in [0.25, 0.3) is 0 Å². The summed E-state index contributed by atoms with van der Waals surface area (Å²) in [6.45, 7) is 13.4. The number of carbonyl (C=O) groups is 2. The van der Waals surface area contributed by atoms with Gasteiger partial charge in [0.05, 0.1) is 6.54 Å². The molecule has 0 spiro atoms. The highest BCUT2D eigenvalue weighted by Gasteiger charge is 2.24. The Morgan fingerprint density at radius 3 is 2.24 bits per heavy atom. The van der Waals surface area contributed by atoms with E-state index in [1.165, 1.54) is 4.88 Å². The van der Waals surface area contributed by atoms with Gasteiger partial charge in [-0.25, -0.2) is 0 Å². The molecular formula is C24H32N2O2S. The van der Waals surface area contributed by atoms with Crippen LogP contribution >= 0.6 is 11.3 Å². The number of hydrogen-bond donors (Lipinski definition) is 0. The summed E-state index contributed by atoms with van der Waals surface area (Å²) in [5.41, 5.74) is 0.947. The first-order valence-electron chi connectivity index (χ1n) is 9.93. The Labute approximate surface area is 178 Å². The van der Waals surface area contributed by atoms with E-state index in [4.69, 9.17) is 0 Å². The van der Waals surface area contributed by atoms with E-state index in [9.17, 15) is 9.59 Å². The molecule has 2 aromatic rings. The maximum Gasteiger partial charge on any atom is 0.242 e. The quantitative estimate of drug-likeness (QED) is 0.542. The number of hydrogen-bond acceptors (Lipinski definition) is 3. The predicted octanol–water partition coefficient (Wildman–Crippen LogP) is 5.04. The highest BCUT2D eigenvalue weighted by Crippen LogP contribution is 2.21. The number of aryl methyl sites for hydroxylation is 1. The molecular weight excluding hydrogens is 380 g/mol. The first kappa shape index (κ1) is 22.9. The minimum absolute atomic E-state index is 0.0163. The van der Waals surface area contributed by atoms with Gasteiger partial charge in [-0.15, -0.1) is 17.9 Å². The molecule has 2 amide bonds. The highest BCUT2D eigenvalue weighted by molar-refractivity contribution is 7.11. The Morgan fingerprint density at radius 1 is 1.00 bits per heavy atom. The van der Waals surface area contributed by atoms with Crippen LogP contribution in [0.4, 0.5) is 0 Å². The normalized spacial score (nSPS) is 11.2. The van der Waals surface area contributed by atoms with E-state index in [1.807, 2.05) is 56.0 Å². The van der Waals surface area contributed by atoms with Crippen LogP contribution in [0, 0.1) is 12.3 Å². The molecule has 4 nitrogen and oxygen atoms in total. The molecule has 0 saturated heterocycles. The molecule has 5 heteroatoms. The van der Waals surface area contributed by atoms with Crippen LogP contribution in [0.2, 0.25) is 0 Å². The molecule has 0 unspecified atom stereocenters. The van der Waals surface area contributed by atoms with E-state index in [1.54, 1.807) is 22.3 Å². The third kappa shape index (κ3) is 7.86. The van der Waals surface area contributed by atoms with Crippen molar-refractivity contribution in [1.29, 1.82) is 0 Å². The van der Waals surface area contributed by atoms with Crippen molar-refractivity contribution in [2.45, 2.75) is 47.2 Å². The molecule has 0 aliphatic heterocycles. The van der Waals surface area contributed by atoms with Gasteiger partial charge in [-0.05, 0) is 30.0 Å². The zero-order valence-corrected chi connectivity index (χ0v) is 18.8. The molecule has 0 fully saturated rings. The minimum atomic E-state index is -0.127. The average molecular weight is 413 g/mol. The zero-order chi connectivity index (χ0) is 21.4. The summed E-state index contributed by atoms with van der Waals surface area (Å²) in [6, 6.07) is 14.1. The Balaban J connectivity index is 2.17.